The molecule has 23 heavy (non-hydrogen) atoms. The van der Waals surface area contributed by atoms with Crippen LogP contribution in [0, 0.1) is 0 Å². The minimum Gasteiger partial charge on any atom is -0.424 e. The lowest BCUT2D eigenvalue weighted by Gasteiger charge is -2.34. The zero-order valence-corrected chi connectivity index (χ0v) is 13.7. The standard InChI is InChI=1S/C16H23N5O2/c1-3-13-18-19-15(22-13)10(2)21-8-4-5-12(9-21)14-17-16(23-20-14)11-6-7-11/h10-12H,3-9H2,1-2H3/t10-,12+/m0/s1. The average Bonchev–Trinajstić information content (AvgIpc) is 3.14. The van der Waals surface area contributed by atoms with Crippen molar-refractivity contribution in [1.82, 2.24) is 25.2 Å². The molecule has 0 N–H and O–H groups in total. The van der Waals surface area contributed by atoms with Crippen LogP contribution in [0.25, 0.3) is 0 Å². The molecule has 2 atom stereocenters. The van der Waals surface area contributed by atoms with Gasteiger partial charge in [0.1, 0.15) is 0 Å². The Hall–Kier alpha value is -1.76. The summed E-state index contributed by atoms with van der Waals surface area (Å²) in [6.07, 6.45) is 5.38. The second-order valence-electron chi connectivity index (χ2n) is 6.66. The van der Waals surface area contributed by atoms with Crippen molar-refractivity contribution in [2.75, 3.05) is 13.1 Å². The summed E-state index contributed by atoms with van der Waals surface area (Å²) in [7, 11) is 0. The van der Waals surface area contributed by atoms with E-state index in [1.165, 1.54) is 12.8 Å². The highest BCUT2D eigenvalue weighted by Gasteiger charge is 2.33. The predicted octanol–water partition coefficient (Wildman–Crippen LogP) is 2.83. The minimum atomic E-state index is 0.125. The predicted molar refractivity (Wildman–Crippen MR) is 81.9 cm³/mol. The quantitative estimate of drug-likeness (QED) is 0.838. The first-order chi connectivity index (χ1) is 11.2. The molecule has 2 aromatic rings. The van der Waals surface area contributed by atoms with Crippen molar-refractivity contribution in [2.45, 2.75) is 63.8 Å². The summed E-state index contributed by atoms with van der Waals surface area (Å²) in [6, 6.07) is 0.125. The minimum absolute atomic E-state index is 0.125. The van der Waals surface area contributed by atoms with Gasteiger partial charge in [-0.2, -0.15) is 4.98 Å². The molecule has 0 spiro atoms. The molecule has 0 unspecified atom stereocenters. The number of nitrogens with zero attached hydrogens (tertiary/aromatic N) is 5. The zero-order chi connectivity index (χ0) is 15.8. The Morgan fingerprint density at radius 1 is 1.22 bits per heavy atom. The topological polar surface area (TPSA) is 81.1 Å². The monoisotopic (exact) mass is 317 g/mol. The average molecular weight is 317 g/mol. The van der Waals surface area contributed by atoms with Crippen molar-refractivity contribution in [2.24, 2.45) is 0 Å². The number of hydrogen-bond donors (Lipinski definition) is 0. The van der Waals surface area contributed by atoms with Crippen LogP contribution in [0.5, 0.6) is 0 Å². The van der Waals surface area contributed by atoms with Crippen molar-refractivity contribution in [3.8, 4) is 0 Å². The Labute approximate surface area is 135 Å². The van der Waals surface area contributed by atoms with Crippen LogP contribution in [-0.4, -0.2) is 38.3 Å². The molecule has 4 rings (SSSR count). The van der Waals surface area contributed by atoms with Gasteiger partial charge < -0.3 is 8.94 Å². The molecule has 2 aromatic heterocycles. The molecule has 1 saturated heterocycles. The van der Waals surface area contributed by atoms with Crippen LogP contribution >= 0.6 is 0 Å². The van der Waals surface area contributed by atoms with Crippen molar-refractivity contribution in [3.63, 3.8) is 0 Å². The highest BCUT2D eigenvalue weighted by Crippen LogP contribution is 2.40. The molecule has 2 fully saturated rings. The van der Waals surface area contributed by atoms with Crippen LogP contribution in [0.15, 0.2) is 8.94 Å². The summed E-state index contributed by atoms with van der Waals surface area (Å²) in [5, 5.41) is 12.5. The number of hydrogen-bond acceptors (Lipinski definition) is 7. The van der Waals surface area contributed by atoms with Crippen LogP contribution in [0.1, 0.15) is 80.9 Å². The van der Waals surface area contributed by atoms with Gasteiger partial charge in [-0.1, -0.05) is 12.1 Å². The van der Waals surface area contributed by atoms with Crippen LogP contribution in [0.4, 0.5) is 0 Å². The molecule has 0 amide bonds. The van der Waals surface area contributed by atoms with E-state index in [-0.39, 0.29) is 6.04 Å². The lowest BCUT2D eigenvalue weighted by molar-refractivity contribution is 0.134. The van der Waals surface area contributed by atoms with Crippen LogP contribution in [0.3, 0.4) is 0 Å². The number of rotatable bonds is 5. The van der Waals surface area contributed by atoms with Gasteiger partial charge in [0.25, 0.3) is 0 Å². The molecule has 7 nitrogen and oxygen atoms in total. The second-order valence-corrected chi connectivity index (χ2v) is 6.66. The van der Waals surface area contributed by atoms with E-state index in [4.69, 9.17) is 8.94 Å². The van der Waals surface area contributed by atoms with Gasteiger partial charge in [0.15, 0.2) is 5.82 Å². The Bertz CT molecular complexity index is 663. The Morgan fingerprint density at radius 2 is 2.09 bits per heavy atom. The number of aromatic nitrogens is 4. The molecule has 0 bridgehead atoms. The van der Waals surface area contributed by atoms with Gasteiger partial charge in [-0.3, -0.25) is 4.90 Å². The molecule has 3 heterocycles. The van der Waals surface area contributed by atoms with Crippen molar-refractivity contribution < 1.29 is 8.94 Å². The van der Waals surface area contributed by atoms with Crippen LogP contribution < -0.4 is 0 Å². The fraction of sp³-hybridized carbons (Fsp3) is 0.750. The molecule has 1 aliphatic carbocycles. The summed E-state index contributed by atoms with van der Waals surface area (Å²) in [5.41, 5.74) is 0. The maximum atomic E-state index is 5.72. The molecule has 0 radical (unpaired) electrons. The van der Waals surface area contributed by atoms with Gasteiger partial charge in [-0.25, -0.2) is 0 Å². The molecule has 7 heteroatoms. The third-order valence-corrected chi connectivity index (χ3v) is 4.89. The lowest BCUT2D eigenvalue weighted by atomic mass is 9.96. The molecule has 1 saturated carbocycles. The van der Waals surface area contributed by atoms with Gasteiger partial charge in [0.05, 0.1) is 6.04 Å². The van der Waals surface area contributed by atoms with Gasteiger partial charge >= 0.3 is 0 Å². The van der Waals surface area contributed by atoms with Crippen LogP contribution in [0.2, 0.25) is 0 Å². The maximum Gasteiger partial charge on any atom is 0.233 e. The van der Waals surface area contributed by atoms with E-state index >= 15 is 0 Å². The van der Waals surface area contributed by atoms with E-state index in [2.05, 4.69) is 32.2 Å². The van der Waals surface area contributed by atoms with E-state index < -0.39 is 0 Å². The van der Waals surface area contributed by atoms with Gasteiger partial charge in [0.2, 0.25) is 17.7 Å². The molecular weight excluding hydrogens is 294 g/mol. The van der Waals surface area contributed by atoms with Gasteiger partial charge in [-0.15, -0.1) is 10.2 Å². The molecule has 1 aliphatic heterocycles. The highest BCUT2D eigenvalue weighted by atomic mass is 16.5. The van der Waals surface area contributed by atoms with E-state index in [1.807, 2.05) is 6.92 Å². The normalized spacial score (nSPS) is 24.0. The molecular formula is C16H23N5O2. The first-order valence-corrected chi connectivity index (χ1v) is 8.64. The number of likely N-dealkylation sites (tertiary alicyclic amines) is 1. The zero-order valence-electron chi connectivity index (χ0n) is 13.7. The summed E-state index contributed by atoms with van der Waals surface area (Å²) in [6.45, 7) is 6.09. The largest absolute Gasteiger partial charge is 0.424 e. The molecule has 2 aliphatic rings. The second kappa shape index (κ2) is 6.03. The number of piperidine rings is 1. The SMILES string of the molecule is CCc1nnc([C@H](C)N2CCC[C@@H](c3noc(C4CC4)n3)C2)o1. The molecule has 124 valence electrons. The Kier molecular flexibility index (Phi) is 3.88. The molecule has 0 aromatic carbocycles. The Balaban J connectivity index is 1.45. The van der Waals surface area contributed by atoms with Crippen molar-refractivity contribution in [3.05, 3.63) is 23.5 Å². The van der Waals surface area contributed by atoms with E-state index in [0.29, 0.717) is 23.6 Å². The maximum absolute atomic E-state index is 5.72. The smallest absolute Gasteiger partial charge is 0.233 e. The third kappa shape index (κ3) is 3.02. The van der Waals surface area contributed by atoms with E-state index in [1.54, 1.807) is 0 Å². The third-order valence-electron chi connectivity index (χ3n) is 4.89. The van der Waals surface area contributed by atoms with Crippen molar-refractivity contribution in [1.29, 1.82) is 0 Å². The van der Waals surface area contributed by atoms with Crippen molar-refractivity contribution >= 4 is 0 Å². The fourth-order valence-electron chi connectivity index (χ4n) is 3.21. The Morgan fingerprint density at radius 3 is 2.83 bits per heavy atom. The first-order valence-electron chi connectivity index (χ1n) is 8.64. The summed E-state index contributed by atoms with van der Waals surface area (Å²) >= 11 is 0. The highest BCUT2D eigenvalue weighted by molar-refractivity contribution is 5.06. The van der Waals surface area contributed by atoms with E-state index in [0.717, 1.165) is 44.1 Å². The van der Waals surface area contributed by atoms with Gasteiger partial charge in [0, 0.05) is 24.8 Å². The lowest BCUT2D eigenvalue weighted by Crippen LogP contribution is -2.36. The fourth-order valence-corrected chi connectivity index (χ4v) is 3.21. The van der Waals surface area contributed by atoms with E-state index in [9.17, 15) is 0 Å². The first kappa shape index (κ1) is 14.8. The summed E-state index contributed by atoms with van der Waals surface area (Å²) in [4.78, 5) is 7.01. The van der Waals surface area contributed by atoms with Gasteiger partial charge in [-0.05, 0) is 39.2 Å². The summed E-state index contributed by atoms with van der Waals surface area (Å²) < 4.78 is 11.1. The summed E-state index contributed by atoms with van der Waals surface area (Å²) in [5.74, 6) is 3.94. The van der Waals surface area contributed by atoms with Crippen LogP contribution in [-0.2, 0) is 6.42 Å². The number of aryl methyl sites for hydroxylation is 1.